The first-order valence-electron chi connectivity index (χ1n) is 5.59. The van der Waals surface area contributed by atoms with Gasteiger partial charge in [0.1, 0.15) is 28.7 Å². The monoisotopic (exact) mass is 286 g/mol. The molecule has 0 aliphatic rings. The van der Waals surface area contributed by atoms with Crippen LogP contribution in [0, 0.1) is 35.4 Å². The van der Waals surface area contributed by atoms with E-state index in [1.54, 1.807) is 19.1 Å². The van der Waals surface area contributed by atoms with Crippen molar-refractivity contribution in [2.45, 2.75) is 6.92 Å². The Hall–Kier alpha value is -2.63. The number of benzene rings is 1. The molecule has 0 unspecified atom stereocenters. The van der Waals surface area contributed by atoms with Crippen LogP contribution in [0.4, 0.5) is 4.39 Å². The average molecular weight is 287 g/mol. The van der Waals surface area contributed by atoms with E-state index in [1.807, 2.05) is 0 Å². The third kappa shape index (κ3) is 2.54. The van der Waals surface area contributed by atoms with E-state index in [9.17, 15) is 4.39 Å². The molecule has 0 aliphatic heterocycles. The summed E-state index contributed by atoms with van der Waals surface area (Å²) in [6, 6.07) is 9.21. The molecule has 0 spiro atoms. The van der Waals surface area contributed by atoms with Crippen LogP contribution in [0.25, 0.3) is 11.8 Å². The van der Waals surface area contributed by atoms with E-state index in [0.29, 0.717) is 16.9 Å². The Morgan fingerprint density at radius 2 is 1.90 bits per heavy atom. The topological polar surface area (TPSA) is 65.4 Å². The number of halogens is 2. The second kappa shape index (κ2) is 5.56. The molecular formula is C14H8ClFN4. The zero-order valence-electron chi connectivity index (χ0n) is 10.4. The fraction of sp³-hybridized carbons (Fsp3) is 0.0714. The van der Waals surface area contributed by atoms with Crippen molar-refractivity contribution in [3.63, 3.8) is 0 Å². The van der Waals surface area contributed by atoms with Crippen LogP contribution in [0.3, 0.4) is 0 Å². The second-order valence-corrected chi connectivity index (χ2v) is 4.32. The average Bonchev–Trinajstić information content (AvgIpc) is 2.73. The van der Waals surface area contributed by atoms with Gasteiger partial charge in [-0.3, -0.25) is 0 Å². The highest BCUT2D eigenvalue weighted by Crippen LogP contribution is 2.25. The van der Waals surface area contributed by atoms with E-state index in [4.69, 9.17) is 22.1 Å². The van der Waals surface area contributed by atoms with Crippen molar-refractivity contribution in [3.8, 4) is 17.8 Å². The molecule has 1 heterocycles. The van der Waals surface area contributed by atoms with Crippen LogP contribution in [0.2, 0.25) is 5.15 Å². The molecular weight excluding hydrogens is 279 g/mol. The van der Waals surface area contributed by atoms with Gasteiger partial charge >= 0.3 is 0 Å². The molecule has 0 saturated carbocycles. The standard InChI is InChI=1S/C14H8ClFN4/c1-9-13(6-10(7-17)8-18)14(15)20(19-9)12-4-2-11(16)3-5-12/h2-6H,1H3. The Kier molecular flexibility index (Phi) is 3.84. The number of nitriles is 2. The molecule has 2 rings (SSSR count). The molecule has 1 aromatic carbocycles. The van der Waals surface area contributed by atoms with Crippen LogP contribution in [0.15, 0.2) is 29.8 Å². The SMILES string of the molecule is Cc1nn(-c2ccc(F)cc2)c(Cl)c1C=C(C#N)C#N. The number of allylic oxidation sites excluding steroid dienone is 1. The van der Waals surface area contributed by atoms with Crippen molar-refractivity contribution in [1.82, 2.24) is 9.78 Å². The fourth-order valence-electron chi connectivity index (χ4n) is 1.66. The minimum Gasteiger partial charge on any atom is -0.221 e. The van der Waals surface area contributed by atoms with Gasteiger partial charge in [-0.25, -0.2) is 9.07 Å². The molecule has 0 amide bonds. The Bertz CT molecular complexity index is 744. The summed E-state index contributed by atoms with van der Waals surface area (Å²) in [5, 5.41) is 22.0. The molecule has 0 saturated heterocycles. The van der Waals surface area contributed by atoms with Gasteiger partial charge in [-0.15, -0.1) is 0 Å². The van der Waals surface area contributed by atoms with E-state index in [-0.39, 0.29) is 16.5 Å². The maximum atomic E-state index is 12.9. The zero-order chi connectivity index (χ0) is 14.7. The number of hydrogen-bond acceptors (Lipinski definition) is 3. The Morgan fingerprint density at radius 3 is 2.45 bits per heavy atom. The third-order valence-electron chi connectivity index (χ3n) is 2.65. The van der Waals surface area contributed by atoms with Crippen molar-refractivity contribution >= 4 is 17.7 Å². The molecule has 0 fully saturated rings. The van der Waals surface area contributed by atoms with Crippen LogP contribution < -0.4 is 0 Å². The van der Waals surface area contributed by atoms with Crippen LogP contribution in [0.1, 0.15) is 11.3 Å². The molecule has 0 bridgehead atoms. The molecule has 6 heteroatoms. The zero-order valence-corrected chi connectivity index (χ0v) is 11.2. The lowest BCUT2D eigenvalue weighted by molar-refractivity contribution is 0.627. The Labute approximate surface area is 119 Å². The summed E-state index contributed by atoms with van der Waals surface area (Å²) < 4.78 is 14.3. The number of aryl methyl sites for hydroxylation is 1. The van der Waals surface area contributed by atoms with Gasteiger partial charge in [0.25, 0.3) is 0 Å². The van der Waals surface area contributed by atoms with Gasteiger partial charge in [0, 0.05) is 5.56 Å². The molecule has 98 valence electrons. The molecule has 2 aromatic rings. The van der Waals surface area contributed by atoms with Gasteiger partial charge in [-0.05, 0) is 37.3 Å². The van der Waals surface area contributed by atoms with Crippen LogP contribution in [-0.4, -0.2) is 9.78 Å². The predicted molar refractivity (Wildman–Crippen MR) is 72.5 cm³/mol. The van der Waals surface area contributed by atoms with Crippen LogP contribution in [0.5, 0.6) is 0 Å². The summed E-state index contributed by atoms with van der Waals surface area (Å²) in [6.45, 7) is 1.71. The highest BCUT2D eigenvalue weighted by atomic mass is 35.5. The first-order chi connectivity index (χ1) is 9.56. The van der Waals surface area contributed by atoms with Gasteiger partial charge in [0.15, 0.2) is 0 Å². The van der Waals surface area contributed by atoms with Crippen molar-refractivity contribution in [1.29, 1.82) is 10.5 Å². The van der Waals surface area contributed by atoms with Crippen LogP contribution in [-0.2, 0) is 0 Å². The summed E-state index contributed by atoms with van der Waals surface area (Å²) in [5.74, 6) is -0.356. The maximum Gasteiger partial charge on any atom is 0.140 e. The minimum absolute atomic E-state index is 0.0614. The first kappa shape index (κ1) is 13.8. The van der Waals surface area contributed by atoms with Gasteiger partial charge in [0.05, 0.1) is 11.4 Å². The summed E-state index contributed by atoms with van der Waals surface area (Å²) in [7, 11) is 0. The lowest BCUT2D eigenvalue weighted by Crippen LogP contribution is -1.96. The number of rotatable bonds is 2. The molecule has 0 radical (unpaired) electrons. The maximum absolute atomic E-state index is 12.9. The van der Waals surface area contributed by atoms with E-state index in [2.05, 4.69) is 5.10 Å². The van der Waals surface area contributed by atoms with Gasteiger partial charge < -0.3 is 0 Å². The van der Waals surface area contributed by atoms with Crippen molar-refractivity contribution in [3.05, 3.63) is 52.1 Å². The Balaban J connectivity index is 2.55. The smallest absolute Gasteiger partial charge is 0.140 e. The van der Waals surface area contributed by atoms with E-state index >= 15 is 0 Å². The summed E-state index contributed by atoms with van der Waals surface area (Å²) >= 11 is 6.21. The molecule has 4 nitrogen and oxygen atoms in total. The minimum atomic E-state index is -0.356. The molecule has 20 heavy (non-hydrogen) atoms. The lowest BCUT2D eigenvalue weighted by atomic mass is 10.2. The number of hydrogen-bond donors (Lipinski definition) is 0. The van der Waals surface area contributed by atoms with Crippen LogP contribution >= 0.6 is 11.6 Å². The molecule has 1 aromatic heterocycles. The van der Waals surface area contributed by atoms with Gasteiger partial charge in [-0.1, -0.05) is 11.6 Å². The lowest BCUT2D eigenvalue weighted by Gasteiger charge is -2.02. The highest BCUT2D eigenvalue weighted by molar-refractivity contribution is 6.31. The number of aromatic nitrogens is 2. The second-order valence-electron chi connectivity index (χ2n) is 3.96. The van der Waals surface area contributed by atoms with Crippen molar-refractivity contribution < 1.29 is 4.39 Å². The summed E-state index contributed by atoms with van der Waals surface area (Å²) in [6.07, 6.45) is 1.38. The van der Waals surface area contributed by atoms with E-state index in [1.165, 1.54) is 35.0 Å². The molecule has 0 N–H and O–H groups in total. The van der Waals surface area contributed by atoms with E-state index in [0.717, 1.165) is 0 Å². The fourth-order valence-corrected chi connectivity index (χ4v) is 1.99. The van der Waals surface area contributed by atoms with Gasteiger partial charge in [0.2, 0.25) is 0 Å². The molecule has 0 aliphatic carbocycles. The largest absolute Gasteiger partial charge is 0.221 e. The van der Waals surface area contributed by atoms with Crippen molar-refractivity contribution in [2.75, 3.05) is 0 Å². The molecule has 0 atom stereocenters. The van der Waals surface area contributed by atoms with Crippen molar-refractivity contribution in [2.24, 2.45) is 0 Å². The summed E-state index contributed by atoms with van der Waals surface area (Å²) in [4.78, 5) is 0. The predicted octanol–water partition coefficient (Wildman–Crippen LogP) is 3.40. The third-order valence-corrected chi connectivity index (χ3v) is 3.01. The highest BCUT2D eigenvalue weighted by Gasteiger charge is 2.13. The summed E-state index contributed by atoms with van der Waals surface area (Å²) in [5.41, 5.74) is 1.60. The van der Waals surface area contributed by atoms with Gasteiger partial charge in [-0.2, -0.15) is 15.6 Å². The Morgan fingerprint density at radius 1 is 1.30 bits per heavy atom. The van der Waals surface area contributed by atoms with E-state index < -0.39 is 0 Å². The normalized spacial score (nSPS) is 9.65. The number of nitrogens with zero attached hydrogens (tertiary/aromatic N) is 4. The quantitative estimate of drug-likeness (QED) is 0.795. The first-order valence-corrected chi connectivity index (χ1v) is 5.97.